The molecule has 2 aliphatic rings. The number of aromatic nitrogens is 1. The summed E-state index contributed by atoms with van der Waals surface area (Å²) in [7, 11) is -1.38. The summed E-state index contributed by atoms with van der Waals surface area (Å²) in [4.78, 5) is 15.5. The number of nitrogens with one attached hydrogen (secondary N) is 1. The van der Waals surface area contributed by atoms with Gasteiger partial charge in [-0.25, -0.2) is 9.19 Å². The zero-order valence-corrected chi connectivity index (χ0v) is 17.8. The number of hydrogen-bond acceptors (Lipinski definition) is 6. The largest absolute Gasteiger partial charge is 0.486 e. The van der Waals surface area contributed by atoms with Crippen LogP contribution in [0.4, 0.5) is 0 Å². The van der Waals surface area contributed by atoms with E-state index in [2.05, 4.69) is 9.71 Å². The topological polar surface area (TPSA) is 101 Å². The third-order valence-electron chi connectivity index (χ3n) is 5.63. The molecule has 8 heteroatoms. The Hall–Kier alpha value is -3.70. The summed E-state index contributed by atoms with van der Waals surface area (Å²) in [5, 5.41) is 8.57. The van der Waals surface area contributed by atoms with Crippen LogP contribution in [0.2, 0.25) is 0 Å². The van der Waals surface area contributed by atoms with Crippen molar-refractivity contribution in [2.45, 2.75) is 30.6 Å². The van der Waals surface area contributed by atoms with Gasteiger partial charge < -0.3 is 9.47 Å². The van der Waals surface area contributed by atoms with Gasteiger partial charge in [0.1, 0.15) is 46.1 Å². The van der Waals surface area contributed by atoms with Gasteiger partial charge in [-0.05, 0) is 54.3 Å². The van der Waals surface area contributed by atoms with E-state index in [9.17, 15) is 9.00 Å². The Labute approximate surface area is 187 Å². The van der Waals surface area contributed by atoms with Crippen LogP contribution in [-0.2, 0) is 22.2 Å². The van der Waals surface area contributed by atoms with Crippen molar-refractivity contribution >= 4 is 16.9 Å². The molecule has 1 N–H and O–H groups in total. The molecule has 1 aromatic heterocycles. The lowest BCUT2D eigenvalue weighted by molar-refractivity contribution is -0.118. The first-order valence-electron chi connectivity index (χ1n) is 10.2. The second kappa shape index (κ2) is 8.44. The van der Waals surface area contributed by atoms with Crippen LogP contribution >= 0.6 is 0 Å². The number of benzene rings is 2. The zero-order chi connectivity index (χ0) is 22.1. The molecule has 0 spiro atoms. The van der Waals surface area contributed by atoms with Gasteiger partial charge >= 0.3 is 0 Å². The molecule has 1 saturated heterocycles. The molecule has 1 amide bonds. The summed E-state index contributed by atoms with van der Waals surface area (Å²) in [5.41, 5.74) is 3.38. The standard InChI is InChI=1S/C24H19N3O4S/c25-13-16-6-9-18(14-26-16)31-21-3-1-2-19-20(21)10-11-22(19)30-17-7-4-15(5-8-17)23-12-24(28)27-32(23)29/h1-9,14,22-23H,10-12H2,(H,27,28)/t22-,23?,32?/m1/s1. The van der Waals surface area contributed by atoms with E-state index in [0.29, 0.717) is 11.4 Å². The van der Waals surface area contributed by atoms with Gasteiger partial charge in [0.05, 0.1) is 11.4 Å². The molecule has 1 fully saturated rings. The lowest BCUT2D eigenvalue weighted by Crippen LogP contribution is -2.15. The Morgan fingerprint density at radius 1 is 1.09 bits per heavy atom. The highest BCUT2D eigenvalue weighted by Gasteiger charge is 2.31. The minimum atomic E-state index is -1.38. The van der Waals surface area contributed by atoms with Gasteiger partial charge in [0.25, 0.3) is 0 Å². The normalized spacial score (nSPS) is 21.5. The fourth-order valence-electron chi connectivity index (χ4n) is 4.07. The Morgan fingerprint density at radius 3 is 2.59 bits per heavy atom. The van der Waals surface area contributed by atoms with E-state index in [0.717, 1.165) is 41.0 Å². The highest BCUT2D eigenvalue weighted by atomic mass is 32.2. The number of nitriles is 1. The van der Waals surface area contributed by atoms with E-state index in [1.807, 2.05) is 48.5 Å². The molecular weight excluding hydrogens is 426 g/mol. The van der Waals surface area contributed by atoms with Crippen LogP contribution in [0.3, 0.4) is 0 Å². The maximum absolute atomic E-state index is 12.0. The van der Waals surface area contributed by atoms with Crippen molar-refractivity contribution in [1.29, 1.82) is 5.26 Å². The second-order valence-corrected chi connectivity index (χ2v) is 9.01. The summed E-state index contributed by atoms with van der Waals surface area (Å²) < 4.78 is 26.7. The average molecular weight is 446 g/mol. The van der Waals surface area contributed by atoms with Crippen LogP contribution in [0.25, 0.3) is 0 Å². The number of carbonyl (C=O) groups is 1. The van der Waals surface area contributed by atoms with Crippen LogP contribution in [0.1, 0.15) is 46.6 Å². The van der Waals surface area contributed by atoms with Gasteiger partial charge in [0, 0.05) is 12.0 Å². The van der Waals surface area contributed by atoms with E-state index in [1.54, 1.807) is 18.3 Å². The summed E-state index contributed by atoms with van der Waals surface area (Å²) in [5.74, 6) is 1.87. The zero-order valence-electron chi connectivity index (χ0n) is 17.0. The number of fused-ring (bicyclic) bond motifs is 1. The summed E-state index contributed by atoms with van der Waals surface area (Å²) in [6.07, 6.45) is 3.34. The molecule has 1 aliphatic heterocycles. The average Bonchev–Trinajstić information content (AvgIpc) is 3.38. The van der Waals surface area contributed by atoms with Gasteiger partial charge in [-0.1, -0.05) is 24.3 Å². The quantitative estimate of drug-likeness (QED) is 0.636. The Kier molecular flexibility index (Phi) is 5.33. The molecule has 1 aliphatic carbocycles. The first-order chi connectivity index (χ1) is 15.6. The second-order valence-electron chi connectivity index (χ2n) is 7.65. The molecule has 7 nitrogen and oxygen atoms in total. The summed E-state index contributed by atoms with van der Waals surface area (Å²) in [6, 6.07) is 18.7. The number of carbonyl (C=O) groups excluding carboxylic acids is 1. The van der Waals surface area contributed by atoms with Gasteiger partial charge in [-0.15, -0.1) is 0 Å². The van der Waals surface area contributed by atoms with Crippen LogP contribution in [-0.4, -0.2) is 15.1 Å². The first kappa shape index (κ1) is 20.2. The predicted octanol–water partition coefficient (Wildman–Crippen LogP) is 4.04. The highest BCUT2D eigenvalue weighted by Crippen LogP contribution is 2.41. The first-order valence-corrected chi connectivity index (χ1v) is 11.4. The number of pyridine rings is 1. The van der Waals surface area contributed by atoms with Crippen LogP contribution in [0, 0.1) is 11.3 Å². The number of amides is 1. The van der Waals surface area contributed by atoms with Crippen molar-refractivity contribution in [3.8, 4) is 23.3 Å². The van der Waals surface area contributed by atoms with E-state index >= 15 is 0 Å². The van der Waals surface area contributed by atoms with Gasteiger partial charge in [-0.2, -0.15) is 5.26 Å². The fourth-order valence-corrected chi connectivity index (χ4v) is 5.23. The molecule has 3 atom stereocenters. The van der Waals surface area contributed by atoms with Crippen LogP contribution in [0.15, 0.2) is 60.8 Å². The van der Waals surface area contributed by atoms with Crippen molar-refractivity contribution in [1.82, 2.24) is 9.71 Å². The minimum absolute atomic E-state index is 0.0950. The van der Waals surface area contributed by atoms with E-state index in [-0.39, 0.29) is 23.7 Å². The molecule has 0 radical (unpaired) electrons. The molecular formula is C24H19N3O4S. The summed E-state index contributed by atoms with van der Waals surface area (Å²) >= 11 is 0. The number of nitrogens with zero attached hydrogens (tertiary/aromatic N) is 2. The third-order valence-corrected chi connectivity index (χ3v) is 7.01. The summed E-state index contributed by atoms with van der Waals surface area (Å²) in [6.45, 7) is 0. The van der Waals surface area contributed by atoms with Crippen molar-refractivity contribution in [3.05, 3.63) is 83.2 Å². The van der Waals surface area contributed by atoms with E-state index in [4.69, 9.17) is 14.7 Å². The van der Waals surface area contributed by atoms with Gasteiger partial charge in [0.15, 0.2) is 0 Å². The lowest BCUT2D eigenvalue weighted by Gasteiger charge is -2.16. The lowest BCUT2D eigenvalue weighted by atomic mass is 10.1. The predicted molar refractivity (Wildman–Crippen MR) is 117 cm³/mol. The molecule has 0 bridgehead atoms. The Bertz CT molecular complexity index is 1240. The molecule has 2 unspecified atom stereocenters. The molecule has 5 rings (SSSR count). The van der Waals surface area contributed by atoms with Crippen molar-refractivity contribution in [3.63, 3.8) is 0 Å². The van der Waals surface area contributed by atoms with Gasteiger partial charge in [0.2, 0.25) is 5.91 Å². The third kappa shape index (κ3) is 3.95. The maximum atomic E-state index is 12.0. The SMILES string of the molecule is N#Cc1ccc(Oc2cccc3c2CC[C@H]3Oc2ccc(C3CC(=O)NS3=O)cc2)cn1. The number of hydrogen-bond donors (Lipinski definition) is 1. The van der Waals surface area contributed by atoms with E-state index < -0.39 is 11.0 Å². The van der Waals surface area contributed by atoms with Crippen LogP contribution in [0.5, 0.6) is 17.2 Å². The monoisotopic (exact) mass is 445 g/mol. The maximum Gasteiger partial charge on any atom is 0.233 e. The number of ether oxygens (including phenoxy) is 2. The van der Waals surface area contributed by atoms with E-state index in [1.165, 1.54) is 0 Å². The molecule has 3 aromatic rings. The molecule has 2 heterocycles. The van der Waals surface area contributed by atoms with Crippen molar-refractivity contribution in [2.24, 2.45) is 0 Å². The Balaban J connectivity index is 1.30. The van der Waals surface area contributed by atoms with Crippen molar-refractivity contribution < 1.29 is 18.5 Å². The Morgan fingerprint density at radius 2 is 1.91 bits per heavy atom. The minimum Gasteiger partial charge on any atom is -0.486 e. The fraction of sp³-hybridized carbons (Fsp3) is 0.208. The highest BCUT2D eigenvalue weighted by molar-refractivity contribution is 7.84. The number of rotatable bonds is 5. The van der Waals surface area contributed by atoms with Crippen molar-refractivity contribution in [2.75, 3.05) is 0 Å². The molecule has 2 aromatic carbocycles. The molecule has 160 valence electrons. The molecule has 32 heavy (non-hydrogen) atoms. The molecule has 0 saturated carbocycles. The van der Waals surface area contributed by atoms with Gasteiger partial charge in [-0.3, -0.25) is 9.52 Å². The smallest absolute Gasteiger partial charge is 0.233 e. The van der Waals surface area contributed by atoms with Crippen LogP contribution < -0.4 is 14.2 Å².